The number of likely N-dealkylation sites (tertiary alicyclic amines) is 1. The van der Waals surface area contributed by atoms with Crippen molar-refractivity contribution < 1.29 is 13.2 Å². The number of nitrogens with zero attached hydrogens (tertiary/aromatic N) is 1. The fourth-order valence-corrected chi connectivity index (χ4v) is 4.84. The Labute approximate surface area is 168 Å². The molecule has 3 rings (SSSR count). The second-order valence-corrected chi connectivity index (χ2v) is 9.40. The number of sulfone groups is 1. The first-order valence-electron chi connectivity index (χ1n) is 9.83. The van der Waals surface area contributed by atoms with Gasteiger partial charge in [-0.3, -0.25) is 0 Å². The minimum absolute atomic E-state index is 0.109. The number of ether oxygens (including phenoxy) is 1. The summed E-state index contributed by atoms with van der Waals surface area (Å²) in [4.78, 5) is 2.74. The maximum atomic E-state index is 12.3. The normalized spacial score (nSPS) is 14.6. The van der Waals surface area contributed by atoms with Crippen molar-refractivity contribution in [3.8, 4) is 11.1 Å². The highest BCUT2D eigenvalue weighted by Crippen LogP contribution is 2.24. The summed E-state index contributed by atoms with van der Waals surface area (Å²) in [6.07, 6.45) is 3.86. The fourth-order valence-electron chi connectivity index (χ4n) is 3.55. The summed E-state index contributed by atoms with van der Waals surface area (Å²) in [5.74, 6) is 0.109. The molecule has 1 aliphatic rings. The third-order valence-corrected chi connectivity index (χ3v) is 7.09. The summed E-state index contributed by atoms with van der Waals surface area (Å²) in [5.41, 5.74) is 4.68. The zero-order chi connectivity index (χ0) is 20.0. The van der Waals surface area contributed by atoms with Gasteiger partial charge in [-0.2, -0.15) is 0 Å². The molecule has 0 aliphatic carbocycles. The molecule has 0 radical (unpaired) electrons. The van der Waals surface area contributed by atoms with Gasteiger partial charge in [0, 0.05) is 32.5 Å². The highest BCUT2D eigenvalue weighted by Gasteiger charge is 2.15. The minimum atomic E-state index is -3.25. The summed E-state index contributed by atoms with van der Waals surface area (Å²) in [6.45, 7) is 6.72. The van der Waals surface area contributed by atoms with Gasteiger partial charge < -0.3 is 9.64 Å². The summed E-state index contributed by atoms with van der Waals surface area (Å²) in [7, 11) is -1.67. The van der Waals surface area contributed by atoms with Crippen LogP contribution in [-0.2, 0) is 21.0 Å². The molecule has 0 unspecified atom stereocenters. The molecule has 1 saturated heterocycles. The number of rotatable bonds is 9. The Kier molecular flexibility index (Phi) is 6.92. The molecular weight excluding hydrogens is 370 g/mol. The lowest BCUT2D eigenvalue weighted by molar-refractivity contribution is 0.199. The summed E-state index contributed by atoms with van der Waals surface area (Å²) in [6, 6.07) is 15.7. The molecule has 0 amide bonds. The first-order valence-corrected chi connectivity index (χ1v) is 11.5. The number of allylic oxidation sites excluding steroid dienone is 1. The lowest BCUT2D eigenvalue weighted by Crippen LogP contribution is -2.20. The molecule has 5 heteroatoms. The van der Waals surface area contributed by atoms with E-state index in [0.29, 0.717) is 17.9 Å². The van der Waals surface area contributed by atoms with Gasteiger partial charge >= 0.3 is 0 Å². The largest absolute Gasteiger partial charge is 0.385 e. The monoisotopic (exact) mass is 399 g/mol. The second-order valence-electron chi connectivity index (χ2n) is 7.29. The molecule has 1 aliphatic heterocycles. The molecule has 2 aromatic rings. The summed E-state index contributed by atoms with van der Waals surface area (Å²) in [5, 5.41) is 0. The topological polar surface area (TPSA) is 46.6 Å². The van der Waals surface area contributed by atoms with Crippen molar-refractivity contribution in [3.05, 3.63) is 66.4 Å². The molecule has 0 N–H and O–H groups in total. The van der Waals surface area contributed by atoms with Crippen LogP contribution in [0.2, 0.25) is 0 Å². The highest BCUT2D eigenvalue weighted by molar-refractivity contribution is 7.91. The molecular formula is C23H29NO3S. The zero-order valence-corrected chi connectivity index (χ0v) is 17.4. The van der Waals surface area contributed by atoms with Crippen LogP contribution in [0.1, 0.15) is 24.8 Å². The van der Waals surface area contributed by atoms with Crippen molar-refractivity contribution in [2.45, 2.75) is 30.6 Å². The van der Waals surface area contributed by atoms with Crippen LogP contribution >= 0.6 is 0 Å². The zero-order valence-electron chi connectivity index (χ0n) is 16.6. The van der Waals surface area contributed by atoms with E-state index in [1.807, 2.05) is 12.1 Å². The van der Waals surface area contributed by atoms with Crippen LogP contribution < -0.4 is 0 Å². The van der Waals surface area contributed by atoms with Crippen LogP contribution in [0.4, 0.5) is 0 Å². The van der Waals surface area contributed by atoms with Gasteiger partial charge in [-0.15, -0.1) is 0 Å². The molecule has 0 bridgehead atoms. The van der Waals surface area contributed by atoms with Crippen LogP contribution in [-0.4, -0.2) is 45.9 Å². The molecule has 28 heavy (non-hydrogen) atoms. The number of hydrogen-bond donors (Lipinski definition) is 0. The molecule has 0 saturated carbocycles. The lowest BCUT2D eigenvalue weighted by Gasteiger charge is -2.19. The van der Waals surface area contributed by atoms with Crippen molar-refractivity contribution >= 4 is 9.84 Å². The van der Waals surface area contributed by atoms with Crippen molar-refractivity contribution in [2.75, 3.05) is 32.6 Å². The fraction of sp³-hybridized carbons (Fsp3) is 0.391. The first kappa shape index (κ1) is 20.6. The Balaban J connectivity index is 1.61. The predicted octanol–water partition coefficient (Wildman–Crippen LogP) is 4.32. The average molecular weight is 400 g/mol. The Morgan fingerprint density at radius 2 is 1.68 bits per heavy atom. The third kappa shape index (κ3) is 5.24. The van der Waals surface area contributed by atoms with Crippen molar-refractivity contribution in [1.29, 1.82) is 0 Å². The van der Waals surface area contributed by atoms with Gasteiger partial charge in [0.2, 0.25) is 0 Å². The van der Waals surface area contributed by atoms with Gasteiger partial charge in [-0.25, -0.2) is 8.42 Å². The van der Waals surface area contributed by atoms with Crippen molar-refractivity contribution in [3.63, 3.8) is 0 Å². The van der Waals surface area contributed by atoms with E-state index in [9.17, 15) is 8.42 Å². The molecule has 0 aromatic heterocycles. The van der Waals surface area contributed by atoms with Crippen molar-refractivity contribution in [2.24, 2.45) is 0 Å². The Morgan fingerprint density at radius 3 is 2.25 bits per heavy atom. The number of benzene rings is 2. The predicted molar refractivity (Wildman–Crippen MR) is 114 cm³/mol. The van der Waals surface area contributed by atoms with Gasteiger partial charge in [0.25, 0.3) is 0 Å². The Morgan fingerprint density at radius 1 is 1.04 bits per heavy atom. The molecule has 2 aromatic carbocycles. The molecule has 1 fully saturated rings. The quantitative estimate of drug-likeness (QED) is 0.589. The van der Waals surface area contributed by atoms with Gasteiger partial charge in [-0.1, -0.05) is 43.0 Å². The third-order valence-electron chi connectivity index (χ3n) is 5.27. The van der Waals surface area contributed by atoms with Gasteiger partial charge in [0.05, 0.1) is 10.6 Å². The Bertz CT molecular complexity index is 886. The Hall–Kier alpha value is -2.11. The molecule has 4 nitrogen and oxygen atoms in total. The van der Waals surface area contributed by atoms with E-state index in [0.717, 1.165) is 37.1 Å². The smallest absolute Gasteiger partial charge is 0.178 e. The lowest BCUT2D eigenvalue weighted by atomic mass is 10.0. The van der Waals surface area contributed by atoms with Crippen LogP contribution in [0, 0.1) is 0 Å². The molecule has 150 valence electrons. The van der Waals surface area contributed by atoms with Crippen LogP contribution in [0.25, 0.3) is 11.1 Å². The minimum Gasteiger partial charge on any atom is -0.385 e. The van der Waals surface area contributed by atoms with E-state index in [1.54, 1.807) is 19.2 Å². The summed E-state index contributed by atoms with van der Waals surface area (Å²) < 4.78 is 29.6. The van der Waals surface area contributed by atoms with E-state index in [1.165, 1.54) is 17.7 Å². The van der Waals surface area contributed by atoms with E-state index >= 15 is 0 Å². The van der Waals surface area contributed by atoms with E-state index in [2.05, 4.69) is 35.7 Å². The summed E-state index contributed by atoms with van der Waals surface area (Å²) >= 11 is 0. The van der Waals surface area contributed by atoms with Gasteiger partial charge in [0.15, 0.2) is 9.84 Å². The van der Waals surface area contributed by atoms with Gasteiger partial charge in [-0.05, 0) is 54.5 Å². The second kappa shape index (κ2) is 9.39. The van der Waals surface area contributed by atoms with Crippen LogP contribution in [0.3, 0.4) is 0 Å². The maximum Gasteiger partial charge on any atom is 0.178 e. The van der Waals surface area contributed by atoms with Crippen LogP contribution in [0.15, 0.2) is 65.7 Å². The maximum absolute atomic E-state index is 12.3. The molecule has 0 atom stereocenters. The van der Waals surface area contributed by atoms with E-state index < -0.39 is 9.84 Å². The van der Waals surface area contributed by atoms with E-state index in [4.69, 9.17) is 4.74 Å². The number of methoxy groups -OCH3 is 1. The highest BCUT2D eigenvalue weighted by atomic mass is 32.2. The van der Waals surface area contributed by atoms with Crippen LogP contribution in [0.5, 0.6) is 0 Å². The average Bonchev–Trinajstić information content (AvgIpc) is 3.12. The molecule has 1 heterocycles. The van der Waals surface area contributed by atoms with Crippen molar-refractivity contribution in [1.82, 2.24) is 4.90 Å². The number of hydrogen-bond acceptors (Lipinski definition) is 4. The molecule has 0 spiro atoms. The first-order chi connectivity index (χ1) is 13.5. The SMILES string of the molecule is C=C1CCCN1CCc1ccc(-c2ccc(S(=O)(=O)CCCOC)cc2)cc1. The standard InChI is InChI=1S/C23H29NO3S/c1-19-5-3-15-24(19)16-14-20-6-8-21(9-7-20)22-10-12-23(13-11-22)28(25,26)18-4-17-27-2/h6-13H,1,3-5,14-18H2,2H3. The van der Waals surface area contributed by atoms with Gasteiger partial charge in [0.1, 0.15) is 0 Å². The van der Waals surface area contributed by atoms with E-state index in [-0.39, 0.29) is 5.75 Å².